The van der Waals surface area contributed by atoms with Crippen molar-refractivity contribution >= 4 is 40.9 Å². The molecule has 0 atom stereocenters. The highest BCUT2D eigenvalue weighted by Crippen LogP contribution is 2.57. The van der Waals surface area contributed by atoms with E-state index in [2.05, 4.69) is 5.10 Å². The molecule has 1 aromatic carbocycles. The fraction of sp³-hybridized carbons (Fsp3) is 0.600. The van der Waals surface area contributed by atoms with E-state index in [9.17, 15) is 19.5 Å². The van der Waals surface area contributed by atoms with E-state index in [1.807, 2.05) is 11.6 Å². The van der Waals surface area contributed by atoms with Crippen molar-refractivity contribution in [2.75, 3.05) is 13.1 Å². The van der Waals surface area contributed by atoms with Crippen LogP contribution in [0.5, 0.6) is 0 Å². The molecule has 0 unspecified atom stereocenters. The number of aliphatic carboxylic acids is 1. The van der Waals surface area contributed by atoms with Crippen LogP contribution in [0, 0.1) is 23.7 Å². The van der Waals surface area contributed by atoms with Gasteiger partial charge in [0.1, 0.15) is 0 Å². The molecule has 1 aromatic heterocycles. The van der Waals surface area contributed by atoms with Crippen molar-refractivity contribution in [3.63, 3.8) is 0 Å². The molecule has 3 aliphatic rings. The fourth-order valence-electron chi connectivity index (χ4n) is 6.57. The Morgan fingerprint density at radius 1 is 1.03 bits per heavy atom. The normalized spacial score (nSPS) is 24.5. The van der Waals surface area contributed by atoms with Gasteiger partial charge in [-0.2, -0.15) is 5.10 Å². The Kier molecular flexibility index (Phi) is 7.86. The predicted molar refractivity (Wildman–Crippen MR) is 151 cm³/mol. The van der Waals surface area contributed by atoms with E-state index in [0.29, 0.717) is 49.1 Å². The van der Waals surface area contributed by atoms with Gasteiger partial charge in [0, 0.05) is 12.2 Å². The minimum atomic E-state index is -0.761. The average Bonchev–Trinajstić information content (AvgIpc) is 3.55. The zero-order chi connectivity index (χ0) is 27.9. The molecule has 3 fully saturated rings. The van der Waals surface area contributed by atoms with Crippen LogP contribution in [-0.4, -0.2) is 50.5 Å². The van der Waals surface area contributed by atoms with Gasteiger partial charge in [-0.25, -0.2) is 0 Å². The van der Waals surface area contributed by atoms with Gasteiger partial charge in [-0.1, -0.05) is 29.3 Å². The molecule has 1 N–H and O–H groups in total. The van der Waals surface area contributed by atoms with Gasteiger partial charge in [0.25, 0.3) is 5.91 Å². The summed E-state index contributed by atoms with van der Waals surface area (Å²) < 4.78 is 1.87. The van der Waals surface area contributed by atoms with E-state index in [1.54, 1.807) is 36.2 Å². The van der Waals surface area contributed by atoms with Gasteiger partial charge in [-0.3, -0.25) is 19.1 Å². The van der Waals surface area contributed by atoms with Crippen molar-refractivity contribution in [2.45, 2.75) is 84.1 Å². The van der Waals surface area contributed by atoms with Crippen LogP contribution in [0.15, 0.2) is 24.4 Å². The van der Waals surface area contributed by atoms with Gasteiger partial charge in [0.2, 0.25) is 0 Å². The zero-order valence-corrected chi connectivity index (χ0v) is 24.2. The third kappa shape index (κ3) is 5.76. The van der Waals surface area contributed by atoms with Crippen molar-refractivity contribution in [1.82, 2.24) is 14.7 Å². The second-order valence-electron chi connectivity index (χ2n) is 12.3. The van der Waals surface area contributed by atoms with Gasteiger partial charge in [-0.05, 0) is 102 Å². The van der Waals surface area contributed by atoms with E-state index in [0.717, 1.165) is 18.5 Å². The maximum Gasteiger partial charge on any atom is 0.309 e. The highest BCUT2D eigenvalue weighted by atomic mass is 35.5. The van der Waals surface area contributed by atoms with Crippen molar-refractivity contribution in [3.05, 3.63) is 51.3 Å². The predicted octanol–water partition coefficient (Wildman–Crippen LogP) is 7.00. The summed E-state index contributed by atoms with van der Waals surface area (Å²) in [6.45, 7) is 4.09. The maximum atomic E-state index is 14.0. The van der Waals surface area contributed by atoms with Crippen LogP contribution >= 0.6 is 23.2 Å². The van der Waals surface area contributed by atoms with Gasteiger partial charge in [0.15, 0.2) is 5.78 Å². The first kappa shape index (κ1) is 28.2. The third-order valence-electron chi connectivity index (χ3n) is 9.66. The standard InChI is InChI=1S/C30H37Cl2N3O4/c1-19-22(16-33-35(19)21-8-10-29(2,11-9-21)28(38)39)27(37)34(17-20-6-12-30(13-7-20)14-15-30)18-25(36)26-23(31)4-3-5-24(26)32/h3-5,16,20-21H,6-15,17-18H2,1-2H3,(H,38,39)/t21-,29-. The summed E-state index contributed by atoms with van der Waals surface area (Å²) in [4.78, 5) is 40.7. The van der Waals surface area contributed by atoms with Gasteiger partial charge < -0.3 is 10.0 Å². The summed E-state index contributed by atoms with van der Waals surface area (Å²) in [6.07, 6.45) is 11.3. The maximum absolute atomic E-state index is 14.0. The summed E-state index contributed by atoms with van der Waals surface area (Å²) in [5, 5.41) is 14.7. The number of carbonyl (C=O) groups excluding carboxylic acids is 2. The first-order chi connectivity index (χ1) is 18.5. The molecule has 39 heavy (non-hydrogen) atoms. The van der Waals surface area contributed by atoms with Crippen molar-refractivity contribution in [2.24, 2.45) is 16.7 Å². The molecule has 1 amide bonds. The van der Waals surface area contributed by atoms with Gasteiger partial charge in [0.05, 0.1) is 45.4 Å². The van der Waals surface area contributed by atoms with Crippen LogP contribution in [-0.2, 0) is 4.79 Å². The number of hydrogen-bond acceptors (Lipinski definition) is 4. The van der Waals surface area contributed by atoms with Crippen LogP contribution in [0.25, 0.3) is 0 Å². The van der Waals surface area contributed by atoms with Crippen LogP contribution in [0.3, 0.4) is 0 Å². The molecule has 5 rings (SSSR count). The number of carboxylic acids is 1. The molecule has 1 heterocycles. The molecule has 2 aromatic rings. The quantitative estimate of drug-likeness (QED) is 0.343. The molecule has 0 bridgehead atoms. The Hall–Kier alpha value is -2.38. The number of nitrogens with zero attached hydrogens (tertiary/aromatic N) is 3. The zero-order valence-electron chi connectivity index (χ0n) is 22.7. The molecule has 3 saturated carbocycles. The minimum absolute atomic E-state index is 0.0454. The van der Waals surface area contributed by atoms with E-state index < -0.39 is 11.4 Å². The lowest BCUT2D eigenvalue weighted by atomic mass is 9.74. The van der Waals surface area contributed by atoms with Crippen LogP contribution in [0.1, 0.15) is 104 Å². The van der Waals surface area contributed by atoms with E-state index >= 15 is 0 Å². The minimum Gasteiger partial charge on any atom is -0.481 e. The highest BCUT2D eigenvalue weighted by Gasteiger charge is 2.45. The lowest BCUT2D eigenvalue weighted by Gasteiger charge is -2.34. The number of benzene rings is 1. The molecule has 3 aliphatic carbocycles. The van der Waals surface area contributed by atoms with Crippen LogP contribution in [0.4, 0.5) is 0 Å². The highest BCUT2D eigenvalue weighted by molar-refractivity contribution is 6.40. The molecule has 0 aliphatic heterocycles. The average molecular weight is 575 g/mol. The number of amides is 1. The largest absolute Gasteiger partial charge is 0.481 e. The van der Waals surface area contributed by atoms with E-state index in [-0.39, 0.29) is 39.9 Å². The molecule has 0 radical (unpaired) electrons. The second kappa shape index (κ2) is 10.9. The Morgan fingerprint density at radius 3 is 2.21 bits per heavy atom. The summed E-state index contributed by atoms with van der Waals surface area (Å²) in [7, 11) is 0. The smallest absolute Gasteiger partial charge is 0.309 e. The lowest BCUT2D eigenvalue weighted by Crippen LogP contribution is -2.40. The summed E-state index contributed by atoms with van der Waals surface area (Å²) in [5.74, 6) is -0.910. The molecular formula is C30H37Cl2N3O4. The summed E-state index contributed by atoms with van der Waals surface area (Å²) >= 11 is 12.7. The first-order valence-corrected chi connectivity index (χ1v) is 14.8. The van der Waals surface area contributed by atoms with Crippen LogP contribution in [0.2, 0.25) is 10.0 Å². The molecule has 210 valence electrons. The Bertz CT molecular complexity index is 1250. The molecule has 9 heteroatoms. The van der Waals surface area contributed by atoms with Gasteiger partial charge in [-0.15, -0.1) is 0 Å². The molecule has 0 saturated heterocycles. The monoisotopic (exact) mass is 573 g/mol. The number of hydrogen-bond donors (Lipinski definition) is 1. The molecular weight excluding hydrogens is 537 g/mol. The van der Waals surface area contributed by atoms with Crippen molar-refractivity contribution in [3.8, 4) is 0 Å². The number of aromatic nitrogens is 2. The molecule has 1 spiro atoms. The number of halogens is 2. The lowest BCUT2D eigenvalue weighted by molar-refractivity contribution is -0.150. The molecule has 7 nitrogen and oxygen atoms in total. The summed E-state index contributed by atoms with van der Waals surface area (Å²) in [5.41, 5.74) is 1.30. The topological polar surface area (TPSA) is 92.5 Å². The summed E-state index contributed by atoms with van der Waals surface area (Å²) in [6, 6.07) is 5.01. The number of rotatable bonds is 8. The fourth-order valence-corrected chi connectivity index (χ4v) is 7.18. The number of carbonyl (C=O) groups is 3. The van der Waals surface area contributed by atoms with E-state index in [1.165, 1.54) is 25.7 Å². The first-order valence-electron chi connectivity index (χ1n) is 14.1. The third-order valence-corrected chi connectivity index (χ3v) is 10.3. The second-order valence-corrected chi connectivity index (χ2v) is 13.1. The Balaban J connectivity index is 1.35. The van der Waals surface area contributed by atoms with Crippen molar-refractivity contribution in [1.29, 1.82) is 0 Å². The SMILES string of the molecule is Cc1c(C(=O)N(CC(=O)c2c(Cl)cccc2Cl)CC2CCC3(CC2)CC3)cnn1[C@H]1CC[C@](C)(C(=O)O)CC1. The van der Waals surface area contributed by atoms with Gasteiger partial charge >= 0.3 is 5.97 Å². The number of carboxylic acid groups (broad SMARTS) is 1. The number of ketones is 1. The Morgan fingerprint density at radius 2 is 1.64 bits per heavy atom. The van der Waals surface area contributed by atoms with Crippen LogP contribution < -0.4 is 0 Å². The van der Waals surface area contributed by atoms with E-state index in [4.69, 9.17) is 23.2 Å². The Labute approximate surface area is 239 Å². The number of Topliss-reactive ketones (excluding diaryl/α,β-unsaturated/α-hetero) is 1. The van der Waals surface area contributed by atoms with Crippen molar-refractivity contribution < 1.29 is 19.5 Å².